The highest BCUT2D eigenvalue weighted by molar-refractivity contribution is 5.85. The quantitative estimate of drug-likeness (QED) is 0.800. The van der Waals surface area contributed by atoms with Crippen LogP contribution in [0.1, 0.15) is 40.0 Å². The summed E-state index contributed by atoms with van der Waals surface area (Å²) in [5.74, 6) is 0. The molecule has 1 unspecified atom stereocenters. The third-order valence-electron chi connectivity index (χ3n) is 3.83. The number of hydrogen-bond donors (Lipinski definition) is 1. The van der Waals surface area contributed by atoms with E-state index in [1.807, 2.05) is 32.7 Å². The number of carbonyl (C=O) groups excluding carboxylic acids is 1. The molecule has 0 radical (unpaired) electrons. The van der Waals surface area contributed by atoms with Gasteiger partial charge in [0.2, 0.25) is 0 Å². The van der Waals surface area contributed by atoms with Crippen LogP contribution in [0.2, 0.25) is 0 Å². The first-order valence-corrected chi connectivity index (χ1v) is 6.51. The molecule has 1 saturated carbocycles. The Morgan fingerprint density at radius 1 is 1.39 bits per heavy atom. The van der Waals surface area contributed by atoms with Crippen molar-refractivity contribution in [2.75, 3.05) is 20.1 Å². The average molecular weight is 277 g/mol. The Kier molecular flexibility index (Phi) is 4.55. The molecule has 1 aliphatic heterocycles. The van der Waals surface area contributed by atoms with Crippen LogP contribution < -0.4 is 5.32 Å². The molecule has 1 amide bonds. The number of carbonyl (C=O) groups is 1. The number of amides is 1. The molecule has 0 bridgehead atoms. The number of nitrogens with one attached hydrogen (secondary N) is 1. The molecule has 1 aliphatic carbocycles. The number of halogens is 1. The van der Waals surface area contributed by atoms with Crippen molar-refractivity contribution < 1.29 is 9.53 Å². The van der Waals surface area contributed by atoms with Crippen molar-refractivity contribution in [3.05, 3.63) is 0 Å². The molecular formula is C13H25ClN2O2. The van der Waals surface area contributed by atoms with Crippen LogP contribution in [0.4, 0.5) is 4.79 Å². The van der Waals surface area contributed by atoms with Crippen molar-refractivity contribution in [2.24, 2.45) is 5.41 Å². The van der Waals surface area contributed by atoms with Gasteiger partial charge in [0, 0.05) is 24.5 Å². The molecule has 4 nitrogen and oxygen atoms in total. The Balaban J connectivity index is 0.00000162. The molecular weight excluding hydrogens is 252 g/mol. The summed E-state index contributed by atoms with van der Waals surface area (Å²) in [6, 6.07) is 0.571. The Morgan fingerprint density at radius 2 is 2.00 bits per heavy atom. The van der Waals surface area contributed by atoms with E-state index in [9.17, 15) is 4.79 Å². The van der Waals surface area contributed by atoms with Crippen molar-refractivity contribution in [1.82, 2.24) is 10.2 Å². The maximum atomic E-state index is 12.0. The third kappa shape index (κ3) is 3.29. The lowest BCUT2D eigenvalue weighted by molar-refractivity contribution is 0.0111. The van der Waals surface area contributed by atoms with Gasteiger partial charge in [-0.1, -0.05) is 0 Å². The minimum absolute atomic E-state index is 0. The number of piperidine rings is 1. The Bertz CT molecular complexity index is 311. The molecule has 1 N–H and O–H groups in total. The molecule has 0 aromatic carbocycles. The smallest absolute Gasteiger partial charge is 0.410 e. The highest BCUT2D eigenvalue weighted by atomic mass is 35.5. The maximum Gasteiger partial charge on any atom is 0.410 e. The Hall–Kier alpha value is -0.480. The van der Waals surface area contributed by atoms with E-state index in [1.54, 1.807) is 0 Å². The predicted octanol–water partition coefficient (Wildman–Crippen LogP) is 2.42. The van der Waals surface area contributed by atoms with Crippen LogP contribution in [0.5, 0.6) is 0 Å². The summed E-state index contributed by atoms with van der Waals surface area (Å²) in [6.45, 7) is 7.41. The number of hydrogen-bond acceptors (Lipinski definition) is 3. The second kappa shape index (κ2) is 5.25. The lowest BCUT2D eigenvalue weighted by atomic mass is 9.89. The van der Waals surface area contributed by atoms with Crippen molar-refractivity contribution in [2.45, 2.75) is 51.7 Å². The highest BCUT2D eigenvalue weighted by Gasteiger charge is 2.52. The van der Waals surface area contributed by atoms with Gasteiger partial charge >= 0.3 is 6.09 Å². The summed E-state index contributed by atoms with van der Waals surface area (Å²) in [7, 11) is 2.02. The number of ether oxygens (including phenoxy) is 1. The summed E-state index contributed by atoms with van der Waals surface area (Å²) < 4.78 is 5.43. The monoisotopic (exact) mass is 276 g/mol. The van der Waals surface area contributed by atoms with E-state index in [0.29, 0.717) is 11.5 Å². The fourth-order valence-corrected chi connectivity index (χ4v) is 2.76. The van der Waals surface area contributed by atoms with Crippen molar-refractivity contribution in [3.63, 3.8) is 0 Å². The van der Waals surface area contributed by atoms with E-state index in [4.69, 9.17) is 4.74 Å². The fraction of sp³-hybridized carbons (Fsp3) is 0.923. The molecule has 5 heteroatoms. The van der Waals surface area contributed by atoms with Crippen LogP contribution in [0.25, 0.3) is 0 Å². The van der Waals surface area contributed by atoms with Crippen LogP contribution in [0.3, 0.4) is 0 Å². The largest absolute Gasteiger partial charge is 0.444 e. The molecule has 1 saturated heterocycles. The van der Waals surface area contributed by atoms with Crippen LogP contribution in [-0.4, -0.2) is 42.8 Å². The minimum Gasteiger partial charge on any atom is -0.444 e. The molecule has 0 aromatic rings. The van der Waals surface area contributed by atoms with E-state index >= 15 is 0 Å². The van der Waals surface area contributed by atoms with E-state index in [1.165, 1.54) is 12.8 Å². The molecule has 1 atom stereocenters. The van der Waals surface area contributed by atoms with Crippen LogP contribution in [0.15, 0.2) is 0 Å². The van der Waals surface area contributed by atoms with Gasteiger partial charge in [0.15, 0.2) is 0 Å². The fourth-order valence-electron chi connectivity index (χ4n) is 2.76. The molecule has 0 aromatic heterocycles. The lowest BCUT2D eigenvalue weighted by Gasteiger charge is -2.39. The summed E-state index contributed by atoms with van der Waals surface area (Å²) >= 11 is 0. The van der Waals surface area contributed by atoms with Gasteiger partial charge in [0.25, 0.3) is 0 Å². The first-order valence-electron chi connectivity index (χ1n) is 6.51. The maximum absolute atomic E-state index is 12.0. The highest BCUT2D eigenvalue weighted by Crippen LogP contribution is 2.52. The molecule has 1 spiro atoms. The number of nitrogens with zero attached hydrogens (tertiary/aromatic N) is 1. The average Bonchev–Trinajstić information content (AvgIpc) is 2.96. The van der Waals surface area contributed by atoms with Crippen LogP contribution in [0, 0.1) is 5.41 Å². The molecule has 106 valence electrons. The zero-order chi connectivity index (χ0) is 12.7. The lowest BCUT2D eigenvalue weighted by Crippen LogP contribution is -2.52. The van der Waals surface area contributed by atoms with Gasteiger partial charge < -0.3 is 15.0 Å². The van der Waals surface area contributed by atoms with Gasteiger partial charge in [0.1, 0.15) is 5.60 Å². The third-order valence-corrected chi connectivity index (χ3v) is 3.83. The molecule has 2 rings (SSSR count). The normalized spacial score (nSPS) is 25.6. The van der Waals surface area contributed by atoms with Gasteiger partial charge in [-0.15, -0.1) is 12.4 Å². The van der Waals surface area contributed by atoms with E-state index in [2.05, 4.69) is 5.32 Å². The Labute approximate surface area is 116 Å². The molecule has 2 aliphatic rings. The minimum atomic E-state index is -0.395. The SMILES string of the molecule is CNC1CCN(C(=O)OC(C)(C)C)CC12CC2.Cl. The number of likely N-dealkylation sites (tertiary alicyclic amines) is 1. The molecule has 18 heavy (non-hydrogen) atoms. The first-order chi connectivity index (χ1) is 7.86. The molecule has 1 heterocycles. The zero-order valence-electron chi connectivity index (χ0n) is 11.8. The predicted molar refractivity (Wildman–Crippen MR) is 74.2 cm³/mol. The van der Waals surface area contributed by atoms with Crippen LogP contribution in [-0.2, 0) is 4.74 Å². The summed E-state index contributed by atoms with van der Waals surface area (Å²) in [6.07, 6.45) is 3.35. The first kappa shape index (κ1) is 15.6. The van der Waals surface area contributed by atoms with Gasteiger partial charge in [-0.2, -0.15) is 0 Å². The second-order valence-electron chi connectivity index (χ2n) is 6.39. The van der Waals surface area contributed by atoms with E-state index in [0.717, 1.165) is 19.5 Å². The van der Waals surface area contributed by atoms with Crippen molar-refractivity contribution >= 4 is 18.5 Å². The molecule has 2 fully saturated rings. The summed E-state index contributed by atoms with van der Waals surface area (Å²) in [5, 5.41) is 3.39. The Morgan fingerprint density at radius 3 is 2.44 bits per heavy atom. The summed E-state index contributed by atoms with van der Waals surface area (Å²) in [5.41, 5.74) is -0.0580. The van der Waals surface area contributed by atoms with Gasteiger partial charge in [-0.25, -0.2) is 4.79 Å². The topological polar surface area (TPSA) is 41.6 Å². The zero-order valence-corrected chi connectivity index (χ0v) is 12.6. The standard InChI is InChI=1S/C13H24N2O2.ClH/c1-12(2,3)17-11(16)15-8-5-10(14-4)13(9-15)6-7-13;/h10,14H,5-9H2,1-4H3;1H. The van der Waals surface area contributed by atoms with Crippen molar-refractivity contribution in [1.29, 1.82) is 0 Å². The number of rotatable bonds is 1. The van der Waals surface area contributed by atoms with E-state index in [-0.39, 0.29) is 18.5 Å². The van der Waals surface area contributed by atoms with Gasteiger partial charge in [-0.3, -0.25) is 0 Å². The van der Waals surface area contributed by atoms with E-state index < -0.39 is 5.60 Å². The van der Waals surface area contributed by atoms with Gasteiger partial charge in [-0.05, 0) is 47.1 Å². The summed E-state index contributed by atoms with van der Waals surface area (Å²) in [4.78, 5) is 13.9. The van der Waals surface area contributed by atoms with Crippen LogP contribution >= 0.6 is 12.4 Å². The second-order valence-corrected chi connectivity index (χ2v) is 6.39. The van der Waals surface area contributed by atoms with Crippen molar-refractivity contribution in [3.8, 4) is 0 Å². The van der Waals surface area contributed by atoms with Gasteiger partial charge in [0.05, 0.1) is 0 Å².